The molecular formula is C20H22BrN3O4S. The van der Waals surface area contributed by atoms with Gasteiger partial charge in [-0.05, 0) is 55.3 Å². The van der Waals surface area contributed by atoms with Crippen LogP contribution in [0.25, 0.3) is 0 Å². The van der Waals surface area contributed by atoms with Gasteiger partial charge in [0.2, 0.25) is 15.9 Å². The van der Waals surface area contributed by atoms with E-state index >= 15 is 0 Å². The zero-order valence-electron chi connectivity index (χ0n) is 15.9. The largest absolute Gasteiger partial charge is 0.355 e. The molecule has 1 saturated heterocycles. The van der Waals surface area contributed by atoms with Gasteiger partial charge in [0.15, 0.2) is 0 Å². The third-order valence-corrected chi connectivity index (χ3v) is 7.23. The quantitative estimate of drug-likeness (QED) is 0.688. The van der Waals surface area contributed by atoms with Crippen molar-refractivity contribution in [3.8, 4) is 0 Å². The van der Waals surface area contributed by atoms with Crippen molar-refractivity contribution in [3.05, 3.63) is 58.6 Å². The van der Waals surface area contributed by atoms with E-state index in [1.807, 2.05) is 0 Å². The summed E-state index contributed by atoms with van der Waals surface area (Å²) < 4.78 is 28.0. The zero-order valence-corrected chi connectivity index (χ0v) is 18.3. The van der Waals surface area contributed by atoms with Crippen molar-refractivity contribution in [2.75, 3.05) is 25.5 Å². The van der Waals surface area contributed by atoms with Crippen LogP contribution >= 0.6 is 15.9 Å². The smallest absolute Gasteiger partial charge is 0.251 e. The van der Waals surface area contributed by atoms with Gasteiger partial charge >= 0.3 is 0 Å². The van der Waals surface area contributed by atoms with Gasteiger partial charge in [0.25, 0.3) is 5.91 Å². The first kappa shape index (κ1) is 21.5. The van der Waals surface area contributed by atoms with Gasteiger partial charge in [0.1, 0.15) is 0 Å². The molecule has 2 N–H and O–H groups in total. The summed E-state index contributed by atoms with van der Waals surface area (Å²) in [5.41, 5.74) is 0.942. The summed E-state index contributed by atoms with van der Waals surface area (Å²) in [5.74, 6) is -0.960. The fraction of sp³-hybridized carbons (Fsp3) is 0.300. The molecule has 1 atom stereocenters. The van der Waals surface area contributed by atoms with Gasteiger partial charge in [-0.1, -0.05) is 22.0 Å². The first-order valence-electron chi connectivity index (χ1n) is 9.20. The fourth-order valence-electron chi connectivity index (χ4n) is 3.26. The van der Waals surface area contributed by atoms with E-state index in [1.165, 1.54) is 11.4 Å². The summed E-state index contributed by atoms with van der Waals surface area (Å²) in [6.45, 7) is 0.508. The maximum absolute atomic E-state index is 12.9. The summed E-state index contributed by atoms with van der Waals surface area (Å²) in [6.07, 6.45) is 1.21. The van der Waals surface area contributed by atoms with Gasteiger partial charge in [-0.3, -0.25) is 9.59 Å². The number of piperidine rings is 1. The number of carbonyl (C=O) groups excluding carboxylic acids is 2. The van der Waals surface area contributed by atoms with Gasteiger partial charge in [-0.2, -0.15) is 4.31 Å². The van der Waals surface area contributed by atoms with Crippen LogP contribution in [-0.4, -0.2) is 44.7 Å². The number of amides is 2. The Labute approximate surface area is 178 Å². The Morgan fingerprint density at radius 3 is 2.55 bits per heavy atom. The monoisotopic (exact) mass is 479 g/mol. The number of rotatable bonds is 5. The number of sulfonamides is 1. The Kier molecular flexibility index (Phi) is 6.71. The maximum atomic E-state index is 12.9. The van der Waals surface area contributed by atoms with Crippen LogP contribution in [0.15, 0.2) is 57.9 Å². The minimum Gasteiger partial charge on any atom is -0.355 e. The highest BCUT2D eigenvalue weighted by atomic mass is 79.9. The molecular weight excluding hydrogens is 458 g/mol. The van der Waals surface area contributed by atoms with Crippen LogP contribution in [0.4, 0.5) is 5.69 Å². The zero-order chi connectivity index (χ0) is 21.0. The number of nitrogens with zero attached hydrogens (tertiary/aromatic N) is 1. The molecule has 0 radical (unpaired) electrons. The Hall–Kier alpha value is -2.23. The van der Waals surface area contributed by atoms with Crippen molar-refractivity contribution in [1.29, 1.82) is 0 Å². The lowest BCUT2D eigenvalue weighted by molar-refractivity contribution is -0.120. The Morgan fingerprint density at radius 2 is 1.86 bits per heavy atom. The van der Waals surface area contributed by atoms with Crippen LogP contribution in [0, 0.1) is 5.92 Å². The number of anilines is 1. The number of hydrogen-bond acceptors (Lipinski definition) is 4. The number of benzene rings is 2. The molecule has 0 spiro atoms. The van der Waals surface area contributed by atoms with Gasteiger partial charge in [-0.25, -0.2) is 8.42 Å². The van der Waals surface area contributed by atoms with Gasteiger partial charge < -0.3 is 10.6 Å². The Morgan fingerprint density at radius 1 is 1.14 bits per heavy atom. The molecule has 1 heterocycles. The molecule has 9 heteroatoms. The summed E-state index contributed by atoms with van der Waals surface area (Å²) in [7, 11) is -2.12. The van der Waals surface area contributed by atoms with Gasteiger partial charge in [0, 0.05) is 35.9 Å². The van der Waals surface area contributed by atoms with Crippen LogP contribution in [0.3, 0.4) is 0 Å². The van der Waals surface area contributed by atoms with Crippen molar-refractivity contribution < 1.29 is 18.0 Å². The summed E-state index contributed by atoms with van der Waals surface area (Å²) in [6, 6.07) is 13.1. The molecule has 154 valence electrons. The highest BCUT2D eigenvalue weighted by Gasteiger charge is 2.33. The first-order valence-corrected chi connectivity index (χ1v) is 11.4. The third kappa shape index (κ3) is 5.04. The van der Waals surface area contributed by atoms with Crippen LogP contribution in [0.1, 0.15) is 23.2 Å². The maximum Gasteiger partial charge on any atom is 0.251 e. The molecule has 1 fully saturated rings. The molecule has 1 aliphatic heterocycles. The number of hydrogen-bond donors (Lipinski definition) is 2. The fourth-order valence-corrected chi connectivity index (χ4v) is 5.05. The van der Waals surface area contributed by atoms with Gasteiger partial charge in [-0.15, -0.1) is 0 Å². The van der Waals surface area contributed by atoms with Crippen molar-refractivity contribution in [2.45, 2.75) is 17.7 Å². The molecule has 1 unspecified atom stereocenters. The average Bonchev–Trinajstić information content (AvgIpc) is 2.73. The molecule has 3 rings (SSSR count). The normalized spacial score (nSPS) is 17.5. The SMILES string of the molecule is CNC(=O)c1cccc(NC(=O)C2CCCN(S(=O)(=O)c3ccc(Br)cc3)C2)c1. The van der Waals surface area contributed by atoms with Crippen molar-refractivity contribution >= 4 is 43.5 Å². The van der Waals surface area contributed by atoms with Crippen LogP contribution in [0.2, 0.25) is 0 Å². The van der Waals surface area contributed by atoms with E-state index in [1.54, 1.807) is 48.5 Å². The van der Waals surface area contributed by atoms with Crippen LogP contribution in [0.5, 0.6) is 0 Å². The van der Waals surface area contributed by atoms with E-state index in [0.29, 0.717) is 30.6 Å². The summed E-state index contributed by atoms with van der Waals surface area (Å²) in [4.78, 5) is 24.7. The number of halogens is 1. The summed E-state index contributed by atoms with van der Waals surface area (Å²) in [5, 5.41) is 5.34. The highest BCUT2D eigenvalue weighted by Crippen LogP contribution is 2.26. The van der Waals surface area contributed by atoms with Crippen molar-refractivity contribution in [2.24, 2.45) is 5.92 Å². The van der Waals surface area contributed by atoms with E-state index < -0.39 is 15.9 Å². The topological polar surface area (TPSA) is 95.6 Å². The van der Waals surface area contributed by atoms with E-state index in [-0.39, 0.29) is 23.3 Å². The summed E-state index contributed by atoms with van der Waals surface area (Å²) >= 11 is 3.30. The molecule has 2 amide bonds. The number of carbonyl (C=O) groups is 2. The third-order valence-electron chi connectivity index (χ3n) is 4.83. The van der Waals surface area contributed by atoms with Crippen LogP contribution < -0.4 is 10.6 Å². The molecule has 7 nitrogen and oxygen atoms in total. The van der Waals surface area contributed by atoms with E-state index in [2.05, 4.69) is 26.6 Å². The minimum absolute atomic E-state index is 0.124. The average molecular weight is 480 g/mol. The molecule has 0 aliphatic carbocycles. The van der Waals surface area contributed by atoms with Crippen molar-refractivity contribution in [3.63, 3.8) is 0 Å². The molecule has 0 bridgehead atoms. The lowest BCUT2D eigenvalue weighted by Gasteiger charge is -2.31. The Balaban J connectivity index is 1.71. The predicted octanol–water partition coefficient (Wildman–Crippen LogP) is 2.85. The molecule has 2 aromatic rings. The molecule has 0 saturated carbocycles. The highest BCUT2D eigenvalue weighted by molar-refractivity contribution is 9.10. The Bertz CT molecular complexity index is 1010. The standard InChI is InChI=1S/C20H22BrN3O4S/c1-22-19(25)14-4-2-6-17(12-14)23-20(26)15-5-3-11-24(13-15)29(27,28)18-9-7-16(21)8-10-18/h2,4,6-10,12,15H,3,5,11,13H2,1H3,(H,22,25)(H,23,26). The lowest BCUT2D eigenvalue weighted by atomic mass is 9.98. The minimum atomic E-state index is -3.66. The lowest BCUT2D eigenvalue weighted by Crippen LogP contribution is -2.43. The number of nitrogens with one attached hydrogen (secondary N) is 2. The second-order valence-corrected chi connectivity index (χ2v) is 9.66. The van der Waals surface area contributed by atoms with E-state index in [9.17, 15) is 18.0 Å². The molecule has 0 aromatic heterocycles. The molecule has 29 heavy (non-hydrogen) atoms. The van der Waals surface area contributed by atoms with Crippen molar-refractivity contribution in [1.82, 2.24) is 9.62 Å². The molecule has 2 aromatic carbocycles. The van der Waals surface area contributed by atoms with E-state index in [0.717, 1.165) is 4.47 Å². The van der Waals surface area contributed by atoms with E-state index in [4.69, 9.17) is 0 Å². The predicted molar refractivity (Wildman–Crippen MR) is 114 cm³/mol. The molecule has 1 aliphatic rings. The second kappa shape index (κ2) is 9.06. The second-order valence-electron chi connectivity index (χ2n) is 6.81. The first-order chi connectivity index (χ1) is 13.8. The van der Waals surface area contributed by atoms with Gasteiger partial charge in [0.05, 0.1) is 10.8 Å². The van der Waals surface area contributed by atoms with Crippen LogP contribution in [-0.2, 0) is 14.8 Å².